The van der Waals surface area contributed by atoms with E-state index in [1.54, 1.807) is 31.2 Å². The molecule has 2 saturated heterocycles. The third kappa shape index (κ3) is 6.03. The molecule has 2 aliphatic rings. The van der Waals surface area contributed by atoms with Crippen LogP contribution in [0.25, 0.3) is 10.9 Å². The number of nitrogens with one attached hydrogen (secondary N) is 2. The highest BCUT2D eigenvalue weighted by Crippen LogP contribution is 2.38. The molecule has 2 bridgehead atoms. The van der Waals surface area contributed by atoms with Gasteiger partial charge in [-0.15, -0.1) is 0 Å². The smallest absolute Gasteiger partial charge is 0.248 e. The van der Waals surface area contributed by atoms with Crippen LogP contribution in [-0.2, 0) is 14.4 Å². The van der Waals surface area contributed by atoms with E-state index in [0.717, 1.165) is 25.7 Å². The minimum atomic E-state index is -0.517. The van der Waals surface area contributed by atoms with E-state index in [2.05, 4.69) is 25.8 Å². The number of hydrogen-bond donors (Lipinski definition) is 2. The van der Waals surface area contributed by atoms with Crippen LogP contribution in [0.5, 0.6) is 5.75 Å². The van der Waals surface area contributed by atoms with Crippen molar-refractivity contribution in [2.45, 2.75) is 50.9 Å². The summed E-state index contributed by atoms with van der Waals surface area (Å²) in [5.41, 5.74) is 2.16. The van der Waals surface area contributed by atoms with Crippen molar-refractivity contribution in [3.05, 3.63) is 59.7 Å². The summed E-state index contributed by atoms with van der Waals surface area (Å²) < 4.78 is 26.0. The molecule has 3 aromatic rings. The highest BCUT2D eigenvalue weighted by molar-refractivity contribution is 6.31. The summed E-state index contributed by atoms with van der Waals surface area (Å²) in [5.74, 6) is 0.0743. The molecule has 11 heteroatoms. The molecule has 2 fully saturated rings. The molecule has 0 saturated carbocycles. The van der Waals surface area contributed by atoms with Crippen LogP contribution in [0.4, 0.5) is 21.6 Å². The number of anilines is 3. The highest BCUT2D eigenvalue weighted by atomic mass is 35.5. The molecule has 0 spiro atoms. The molecule has 5 rings (SSSR count). The molecule has 38 heavy (non-hydrogen) atoms. The molecular weight excluding hydrogens is 513 g/mol. The molecule has 2 unspecified atom stereocenters. The first-order valence-corrected chi connectivity index (χ1v) is 12.7. The fourth-order valence-corrected chi connectivity index (χ4v) is 4.90. The van der Waals surface area contributed by atoms with E-state index in [1.165, 1.54) is 31.6 Å². The molecule has 0 radical (unpaired) electrons. The highest BCUT2D eigenvalue weighted by Gasteiger charge is 2.36. The molecule has 198 valence electrons. The van der Waals surface area contributed by atoms with E-state index in [1.807, 2.05) is 0 Å². The Kier molecular flexibility index (Phi) is 7.71. The average Bonchev–Trinajstić information content (AvgIpc) is 3.23. The van der Waals surface area contributed by atoms with Gasteiger partial charge in [0.2, 0.25) is 5.91 Å². The van der Waals surface area contributed by atoms with Crippen LogP contribution >= 0.6 is 11.6 Å². The lowest BCUT2D eigenvalue weighted by Crippen LogP contribution is -2.32. The van der Waals surface area contributed by atoms with E-state index in [9.17, 15) is 9.18 Å². The Morgan fingerprint density at radius 2 is 1.97 bits per heavy atom. The van der Waals surface area contributed by atoms with Gasteiger partial charge < -0.3 is 24.9 Å². The van der Waals surface area contributed by atoms with Crippen LogP contribution in [-0.4, -0.2) is 47.0 Å². The van der Waals surface area contributed by atoms with E-state index in [0.29, 0.717) is 39.6 Å². The molecule has 0 aliphatic carbocycles. The van der Waals surface area contributed by atoms with Gasteiger partial charge in [0, 0.05) is 36.1 Å². The maximum Gasteiger partial charge on any atom is 0.248 e. The van der Waals surface area contributed by atoms with Crippen molar-refractivity contribution in [3.63, 3.8) is 0 Å². The Bertz CT molecular complexity index is 1400. The standard InChI is InChI=1S/C27H27ClFN5O4/c1-15(34-36-2)3-8-26(35)33-24-12-20-23(13-25(24)38-19-10-17-5-6-18(11-19)37-17)30-14-31-27(20)32-16-4-7-22(29)21(28)9-16/h3-4,7-9,12-14,17-19H,5-6,10-11H2,1-2H3,(H,33,35)(H,30,31,32)/b8-3+,34-15-. The summed E-state index contributed by atoms with van der Waals surface area (Å²) in [4.78, 5) is 26.3. The molecule has 2 N–H and O–H groups in total. The van der Waals surface area contributed by atoms with Crippen molar-refractivity contribution in [1.82, 2.24) is 9.97 Å². The summed E-state index contributed by atoms with van der Waals surface area (Å²) in [6.07, 6.45) is 8.34. The number of carbonyl (C=O) groups excluding carboxylic acids is 1. The number of fused-ring (bicyclic) bond motifs is 3. The number of carbonyl (C=O) groups is 1. The predicted octanol–water partition coefficient (Wildman–Crippen LogP) is 5.77. The van der Waals surface area contributed by atoms with Crippen molar-refractivity contribution < 1.29 is 23.5 Å². The summed E-state index contributed by atoms with van der Waals surface area (Å²) in [6.45, 7) is 1.72. The van der Waals surface area contributed by atoms with Gasteiger partial charge in [-0.2, -0.15) is 0 Å². The van der Waals surface area contributed by atoms with Gasteiger partial charge in [-0.3, -0.25) is 4.79 Å². The monoisotopic (exact) mass is 539 g/mol. The second kappa shape index (κ2) is 11.3. The Hall–Kier alpha value is -3.76. The molecule has 1 aromatic heterocycles. The van der Waals surface area contributed by atoms with E-state index >= 15 is 0 Å². The van der Waals surface area contributed by atoms with Crippen molar-refractivity contribution in [2.24, 2.45) is 5.16 Å². The number of amides is 1. The first kappa shape index (κ1) is 25.9. The number of ether oxygens (including phenoxy) is 2. The largest absolute Gasteiger partial charge is 0.488 e. The van der Waals surface area contributed by atoms with E-state index < -0.39 is 5.82 Å². The summed E-state index contributed by atoms with van der Waals surface area (Å²) >= 11 is 5.95. The third-order valence-corrected chi connectivity index (χ3v) is 6.72. The van der Waals surface area contributed by atoms with Gasteiger partial charge in [0.15, 0.2) is 0 Å². The number of oxime groups is 1. The lowest BCUT2D eigenvalue weighted by atomic mass is 10.1. The molecule has 2 aliphatic heterocycles. The Morgan fingerprint density at radius 3 is 2.71 bits per heavy atom. The SMILES string of the molecule is CO/N=C(C)\C=C\C(=O)Nc1cc2c(Nc3ccc(F)c(Cl)c3)ncnc2cc1OC1CC2CCC(C1)O2. The van der Waals surface area contributed by atoms with Crippen LogP contribution in [0.3, 0.4) is 0 Å². The summed E-state index contributed by atoms with van der Waals surface area (Å²) in [7, 11) is 1.44. The second-order valence-electron chi connectivity index (χ2n) is 9.25. The van der Waals surface area contributed by atoms with Crippen LogP contribution in [0.1, 0.15) is 32.6 Å². The average molecular weight is 540 g/mol. The van der Waals surface area contributed by atoms with Gasteiger partial charge in [-0.05, 0) is 50.1 Å². The lowest BCUT2D eigenvalue weighted by molar-refractivity contribution is -0.111. The maximum absolute atomic E-state index is 13.6. The van der Waals surface area contributed by atoms with Gasteiger partial charge in [-0.1, -0.05) is 16.8 Å². The number of benzene rings is 2. The van der Waals surface area contributed by atoms with E-state index in [-0.39, 0.29) is 29.2 Å². The van der Waals surface area contributed by atoms with Crippen LogP contribution in [0.2, 0.25) is 5.02 Å². The molecule has 9 nitrogen and oxygen atoms in total. The lowest BCUT2D eigenvalue weighted by Gasteiger charge is -2.29. The van der Waals surface area contributed by atoms with Crippen LogP contribution in [0.15, 0.2) is 54.0 Å². The number of halogens is 2. The van der Waals surface area contributed by atoms with Gasteiger partial charge >= 0.3 is 0 Å². The zero-order valence-corrected chi connectivity index (χ0v) is 21.7. The molecular formula is C27H27ClFN5O4. The Labute approximate surface area is 224 Å². The maximum atomic E-state index is 13.6. The minimum Gasteiger partial charge on any atom is -0.488 e. The van der Waals surface area contributed by atoms with Gasteiger partial charge in [0.1, 0.15) is 36.9 Å². The van der Waals surface area contributed by atoms with Crippen molar-refractivity contribution in [3.8, 4) is 5.75 Å². The van der Waals surface area contributed by atoms with Crippen LogP contribution in [0, 0.1) is 5.82 Å². The van der Waals surface area contributed by atoms with Crippen molar-refractivity contribution in [2.75, 3.05) is 17.7 Å². The van der Waals surface area contributed by atoms with Gasteiger partial charge in [-0.25, -0.2) is 14.4 Å². The molecule has 3 heterocycles. The topological polar surface area (TPSA) is 107 Å². The molecule has 2 aromatic carbocycles. The number of rotatable bonds is 8. The number of nitrogens with zero attached hydrogens (tertiary/aromatic N) is 3. The van der Waals surface area contributed by atoms with Crippen LogP contribution < -0.4 is 15.4 Å². The predicted molar refractivity (Wildman–Crippen MR) is 144 cm³/mol. The van der Waals surface area contributed by atoms with E-state index in [4.69, 9.17) is 25.9 Å². The fourth-order valence-electron chi connectivity index (χ4n) is 4.72. The Morgan fingerprint density at radius 1 is 1.18 bits per heavy atom. The fraction of sp³-hybridized carbons (Fsp3) is 0.333. The third-order valence-electron chi connectivity index (χ3n) is 6.43. The van der Waals surface area contributed by atoms with Gasteiger partial charge in [0.25, 0.3) is 0 Å². The quantitative estimate of drug-likeness (QED) is 0.212. The zero-order chi connectivity index (χ0) is 26.6. The number of allylic oxidation sites excluding steroid dienone is 1. The minimum absolute atomic E-state index is 0.0125. The summed E-state index contributed by atoms with van der Waals surface area (Å²) in [5, 5.41) is 10.5. The first-order valence-electron chi connectivity index (χ1n) is 12.3. The molecule has 2 atom stereocenters. The second-order valence-corrected chi connectivity index (χ2v) is 9.66. The van der Waals surface area contributed by atoms with Crippen molar-refractivity contribution >= 4 is 51.3 Å². The number of hydrogen-bond acceptors (Lipinski definition) is 8. The number of aromatic nitrogens is 2. The van der Waals surface area contributed by atoms with Crippen molar-refractivity contribution in [1.29, 1.82) is 0 Å². The normalized spacial score (nSPS) is 21.1. The summed E-state index contributed by atoms with van der Waals surface area (Å²) in [6, 6.07) is 7.85. The van der Waals surface area contributed by atoms with Gasteiger partial charge in [0.05, 0.1) is 34.1 Å². The molecule has 1 amide bonds. The Balaban J connectivity index is 1.48. The zero-order valence-electron chi connectivity index (χ0n) is 20.9. The first-order chi connectivity index (χ1) is 18.4.